The van der Waals surface area contributed by atoms with Crippen LogP contribution in [0.5, 0.6) is 0 Å². The molecule has 1 aliphatic carbocycles. The standard InChI is InChI=1S/C20H31NO/c22-20(18-11-5-2-6-12-18)14-16-21-15-8-7-13-19(21)17-9-3-1-4-10-17/h2,5-6,11-12,17,19-20,22H,1,3-4,7-10,13-16H2. The lowest BCUT2D eigenvalue weighted by Gasteiger charge is -2.42. The van der Waals surface area contributed by atoms with E-state index < -0.39 is 0 Å². The van der Waals surface area contributed by atoms with Gasteiger partial charge in [0.25, 0.3) is 0 Å². The van der Waals surface area contributed by atoms with E-state index in [4.69, 9.17) is 0 Å². The van der Waals surface area contributed by atoms with Crippen molar-refractivity contribution in [3.8, 4) is 0 Å². The number of aliphatic hydroxyl groups is 1. The molecule has 0 bridgehead atoms. The zero-order valence-corrected chi connectivity index (χ0v) is 13.8. The van der Waals surface area contributed by atoms with Crippen LogP contribution in [0.2, 0.25) is 0 Å². The van der Waals surface area contributed by atoms with Gasteiger partial charge in [0.1, 0.15) is 0 Å². The molecule has 2 atom stereocenters. The Morgan fingerprint density at radius 2 is 1.68 bits per heavy atom. The molecule has 0 amide bonds. The van der Waals surface area contributed by atoms with Crippen LogP contribution in [0.3, 0.4) is 0 Å². The van der Waals surface area contributed by atoms with Crippen molar-refractivity contribution in [2.24, 2.45) is 5.92 Å². The fourth-order valence-corrected chi connectivity index (χ4v) is 4.48. The highest BCUT2D eigenvalue weighted by atomic mass is 16.3. The van der Waals surface area contributed by atoms with Crippen molar-refractivity contribution in [1.29, 1.82) is 0 Å². The number of hydrogen-bond donors (Lipinski definition) is 1. The number of hydrogen-bond acceptors (Lipinski definition) is 2. The fraction of sp³-hybridized carbons (Fsp3) is 0.700. The maximum Gasteiger partial charge on any atom is 0.0802 e. The van der Waals surface area contributed by atoms with Crippen molar-refractivity contribution in [2.75, 3.05) is 13.1 Å². The summed E-state index contributed by atoms with van der Waals surface area (Å²) in [5.41, 5.74) is 1.06. The molecule has 22 heavy (non-hydrogen) atoms. The molecule has 1 saturated carbocycles. The van der Waals surface area contributed by atoms with E-state index in [2.05, 4.69) is 4.90 Å². The van der Waals surface area contributed by atoms with Crippen LogP contribution in [0.4, 0.5) is 0 Å². The Balaban J connectivity index is 1.55. The molecular weight excluding hydrogens is 270 g/mol. The van der Waals surface area contributed by atoms with Gasteiger partial charge in [0, 0.05) is 12.6 Å². The third kappa shape index (κ3) is 4.11. The lowest BCUT2D eigenvalue weighted by Crippen LogP contribution is -2.45. The second-order valence-electron chi connectivity index (χ2n) is 7.21. The van der Waals surface area contributed by atoms with E-state index in [1.165, 1.54) is 57.9 Å². The highest BCUT2D eigenvalue weighted by Crippen LogP contribution is 2.34. The summed E-state index contributed by atoms with van der Waals surface area (Å²) >= 11 is 0. The summed E-state index contributed by atoms with van der Waals surface area (Å²) < 4.78 is 0. The zero-order chi connectivity index (χ0) is 15.2. The van der Waals surface area contributed by atoms with Crippen LogP contribution in [0.15, 0.2) is 30.3 Å². The highest BCUT2D eigenvalue weighted by molar-refractivity contribution is 5.17. The molecule has 1 aromatic carbocycles. The average molecular weight is 301 g/mol. The number of likely N-dealkylation sites (tertiary alicyclic amines) is 1. The monoisotopic (exact) mass is 301 g/mol. The predicted octanol–water partition coefficient (Wildman–Crippen LogP) is 4.54. The lowest BCUT2D eigenvalue weighted by molar-refractivity contribution is 0.0618. The van der Waals surface area contributed by atoms with Gasteiger partial charge in [-0.1, -0.05) is 56.0 Å². The third-order valence-electron chi connectivity index (χ3n) is 5.73. The van der Waals surface area contributed by atoms with Gasteiger partial charge in [-0.2, -0.15) is 0 Å². The summed E-state index contributed by atoms with van der Waals surface area (Å²) in [5, 5.41) is 10.4. The van der Waals surface area contributed by atoms with Gasteiger partial charge >= 0.3 is 0 Å². The van der Waals surface area contributed by atoms with E-state index in [9.17, 15) is 5.11 Å². The molecule has 1 aliphatic heterocycles. The quantitative estimate of drug-likeness (QED) is 0.862. The van der Waals surface area contributed by atoms with Crippen LogP contribution in [0.1, 0.15) is 69.5 Å². The van der Waals surface area contributed by atoms with E-state index in [-0.39, 0.29) is 6.10 Å². The molecule has 1 heterocycles. The Morgan fingerprint density at radius 3 is 2.45 bits per heavy atom. The van der Waals surface area contributed by atoms with Gasteiger partial charge in [-0.05, 0) is 50.1 Å². The van der Waals surface area contributed by atoms with Crippen LogP contribution < -0.4 is 0 Å². The smallest absolute Gasteiger partial charge is 0.0802 e. The lowest BCUT2D eigenvalue weighted by atomic mass is 9.80. The number of aliphatic hydroxyl groups excluding tert-OH is 1. The van der Waals surface area contributed by atoms with Crippen LogP contribution in [0.25, 0.3) is 0 Å². The Morgan fingerprint density at radius 1 is 0.955 bits per heavy atom. The minimum absolute atomic E-state index is 0.310. The van der Waals surface area contributed by atoms with Crippen molar-refractivity contribution >= 4 is 0 Å². The van der Waals surface area contributed by atoms with Crippen LogP contribution >= 0.6 is 0 Å². The second kappa shape index (κ2) is 8.12. The molecule has 1 saturated heterocycles. The topological polar surface area (TPSA) is 23.5 Å². The number of piperidine rings is 1. The molecule has 0 aromatic heterocycles. The van der Waals surface area contributed by atoms with Crippen LogP contribution in [0, 0.1) is 5.92 Å². The third-order valence-corrected chi connectivity index (χ3v) is 5.73. The van der Waals surface area contributed by atoms with E-state index in [0.717, 1.165) is 30.5 Å². The minimum Gasteiger partial charge on any atom is -0.388 e. The van der Waals surface area contributed by atoms with Crippen molar-refractivity contribution < 1.29 is 5.11 Å². The molecule has 2 aliphatic rings. The number of benzene rings is 1. The van der Waals surface area contributed by atoms with Gasteiger partial charge in [-0.15, -0.1) is 0 Å². The molecule has 2 nitrogen and oxygen atoms in total. The Bertz CT molecular complexity index is 427. The summed E-state index contributed by atoms with van der Waals surface area (Å²) in [4.78, 5) is 2.70. The molecule has 0 spiro atoms. The first kappa shape index (κ1) is 16.0. The van der Waals surface area contributed by atoms with Gasteiger partial charge in [-0.3, -0.25) is 0 Å². The molecular formula is C20H31NO. The first-order valence-electron chi connectivity index (χ1n) is 9.31. The molecule has 1 aromatic rings. The zero-order valence-electron chi connectivity index (χ0n) is 13.8. The highest BCUT2D eigenvalue weighted by Gasteiger charge is 2.30. The molecule has 3 rings (SSSR count). The summed E-state index contributed by atoms with van der Waals surface area (Å²) in [6.07, 6.45) is 11.8. The number of rotatable bonds is 5. The Labute approximate surface area is 135 Å². The van der Waals surface area contributed by atoms with Crippen molar-refractivity contribution in [3.63, 3.8) is 0 Å². The van der Waals surface area contributed by atoms with E-state index in [0.29, 0.717) is 0 Å². The summed E-state index contributed by atoms with van der Waals surface area (Å²) in [6.45, 7) is 2.29. The first-order chi connectivity index (χ1) is 10.8. The maximum atomic E-state index is 10.4. The minimum atomic E-state index is -0.310. The summed E-state index contributed by atoms with van der Waals surface area (Å²) in [7, 11) is 0. The maximum absolute atomic E-state index is 10.4. The largest absolute Gasteiger partial charge is 0.388 e. The van der Waals surface area contributed by atoms with Crippen molar-refractivity contribution in [3.05, 3.63) is 35.9 Å². The van der Waals surface area contributed by atoms with Gasteiger partial charge in [0.15, 0.2) is 0 Å². The van der Waals surface area contributed by atoms with Crippen molar-refractivity contribution in [2.45, 2.75) is 69.9 Å². The van der Waals surface area contributed by atoms with Crippen molar-refractivity contribution in [1.82, 2.24) is 4.90 Å². The fourth-order valence-electron chi connectivity index (χ4n) is 4.48. The normalized spacial score (nSPS) is 26.0. The number of nitrogens with zero attached hydrogens (tertiary/aromatic N) is 1. The van der Waals surface area contributed by atoms with E-state index in [1.807, 2.05) is 30.3 Å². The van der Waals surface area contributed by atoms with Crippen LogP contribution in [-0.2, 0) is 0 Å². The summed E-state index contributed by atoms with van der Waals surface area (Å²) in [5.74, 6) is 0.919. The molecule has 2 heteroatoms. The molecule has 0 radical (unpaired) electrons. The summed E-state index contributed by atoms with van der Waals surface area (Å²) in [6, 6.07) is 10.9. The van der Waals surface area contributed by atoms with Gasteiger partial charge in [-0.25, -0.2) is 0 Å². The SMILES string of the molecule is OC(CCN1CCCCC1C1CCCCC1)c1ccccc1. The molecule has 1 N–H and O–H groups in total. The Hall–Kier alpha value is -0.860. The first-order valence-corrected chi connectivity index (χ1v) is 9.31. The van der Waals surface area contributed by atoms with E-state index >= 15 is 0 Å². The van der Waals surface area contributed by atoms with Gasteiger partial charge in [0.05, 0.1) is 6.10 Å². The van der Waals surface area contributed by atoms with Crippen LogP contribution in [-0.4, -0.2) is 29.1 Å². The Kier molecular flexibility index (Phi) is 5.91. The van der Waals surface area contributed by atoms with Gasteiger partial charge in [0.2, 0.25) is 0 Å². The molecule has 122 valence electrons. The average Bonchev–Trinajstić information content (AvgIpc) is 2.61. The second-order valence-corrected chi connectivity index (χ2v) is 7.21. The molecule has 2 unspecified atom stereocenters. The predicted molar refractivity (Wildman–Crippen MR) is 91.8 cm³/mol. The molecule has 2 fully saturated rings. The van der Waals surface area contributed by atoms with Gasteiger partial charge < -0.3 is 10.0 Å². The van der Waals surface area contributed by atoms with E-state index in [1.54, 1.807) is 0 Å².